The summed E-state index contributed by atoms with van der Waals surface area (Å²) in [6.07, 6.45) is 4.45. The molecule has 0 saturated carbocycles. The summed E-state index contributed by atoms with van der Waals surface area (Å²) < 4.78 is 14.7. The number of carbonyl (C=O) groups is 1. The minimum Gasteiger partial charge on any atom is -0.347 e. The molecule has 2 aromatic rings. The highest BCUT2D eigenvalue weighted by Crippen LogP contribution is 2.06. The van der Waals surface area contributed by atoms with Gasteiger partial charge >= 0.3 is 0 Å². The van der Waals surface area contributed by atoms with Crippen molar-refractivity contribution in [3.63, 3.8) is 0 Å². The Morgan fingerprint density at radius 1 is 1.48 bits per heavy atom. The lowest BCUT2D eigenvalue weighted by Crippen LogP contribution is -2.40. The average Bonchev–Trinajstić information content (AvgIpc) is 3.00. The molecule has 0 radical (unpaired) electrons. The molecule has 1 amide bonds. The Kier molecular flexibility index (Phi) is 6.22. The number of nitrogens with one attached hydrogen (secondary N) is 1. The smallest absolute Gasteiger partial charge is 0.273 e. The topological polar surface area (TPSA) is 85.8 Å². The maximum Gasteiger partial charge on any atom is 0.273 e. The number of hydrogen-bond donors (Lipinski definition) is 2. The van der Waals surface area contributed by atoms with Gasteiger partial charge in [0.2, 0.25) is 0 Å². The third kappa shape index (κ3) is 5.14. The van der Waals surface area contributed by atoms with E-state index in [1.54, 1.807) is 18.3 Å². The van der Waals surface area contributed by atoms with E-state index in [9.17, 15) is 9.18 Å². The van der Waals surface area contributed by atoms with Gasteiger partial charge in [0.05, 0.1) is 12.7 Å². The highest BCUT2D eigenvalue weighted by atomic mass is 19.1. The summed E-state index contributed by atoms with van der Waals surface area (Å²) in [7, 11) is 0. The van der Waals surface area contributed by atoms with Gasteiger partial charge in [-0.25, -0.2) is 9.07 Å². The van der Waals surface area contributed by atoms with E-state index >= 15 is 0 Å². The van der Waals surface area contributed by atoms with E-state index in [0.29, 0.717) is 13.1 Å². The Hall–Kier alpha value is -2.28. The molecule has 7 heteroatoms. The number of carbonyl (C=O) groups excluding carboxylic acids is 1. The average molecular weight is 319 g/mol. The number of nitrogens with two attached hydrogens (primary N) is 1. The number of aromatic nitrogens is 3. The van der Waals surface area contributed by atoms with Crippen LogP contribution < -0.4 is 11.1 Å². The van der Waals surface area contributed by atoms with Crippen LogP contribution in [0.1, 0.15) is 42.2 Å². The summed E-state index contributed by atoms with van der Waals surface area (Å²) in [5.74, 6) is -0.593. The number of nitrogens with zero attached hydrogens (tertiary/aromatic N) is 3. The largest absolute Gasteiger partial charge is 0.347 e. The van der Waals surface area contributed by atoms with E-state index in [4.69, 9.17) is 5.73 Å². The molecule has 1 unspecified atom stereocenters. The van der Waals surface area contributed by atoms with E-state index < -0.39 is 0 Å². The molecular formula is C16H22FN5O. The quantitative estimate of drug-likeness (QED) is 0.775. The van der Waals surface area contributed by atoms with Crippen LogP contribution in [-0.2, 0) is 6.54 Å². The Bertz CT molecular complexity index is 643. The predicted molar refractivity (Wildman–Crippen MR) is 85.4 cm³/mol. The monoisotopic (exact) mass is 319 g/mol. The molecule has 0 bridgehead atoms. The van der Waals surface area contributed by atoms with Crippen molar-refractivity contribution < 1.29 is 9.18 Å². The first-order valence-corrected chi connectivity index (χ1v) is 7.78. The second-order valence-corrected chi connectivity index (χ2v) is 5.48. The van der Waals surface area contributed by atoms with Crippen molar-refractivity contribution >= 4 is 5.91 Å². The van der Waals surface area contributed by atoms with E-state index in [1.807, 2.05) is 0 Å². The highest BCUT2D eigenvalue weighted by Gasteiger charge is 2.15. The van der Waals surface area contributed by atoms with Crippen LogP contribution in [0.2, 0.25) is 0 Å². The zero-order valence-corrected chi connectivity index (χ0v) is 13.2. The van der Waals surface area contributed by atoms with Crippen molar-refractivity contribution in [3.05, 3.63) is 47.5 Å². The third-order valence-electron chi connectivity index (χ3n) is 3.53. The number of benzene rings is 1. The molecule has 0 spiro atoms. The SMILES string of the molecule is CCCCC(CN)NC(=O)c1cn(Cc2cccc(F)c2)nn1. The zero-order chi connectivity index (χ0) is 16.7. The zero-order valence-electron chi connectivity index (χ0n) is 13.2. The Balaban J connectivity index is 1.96. The Morgan fingerprint density at radius 3 is 3.00 bits per heavy atom. The van der Waals surface area contributed by atoms with Crippen LogP contribution >= 0.6 is 0 Å². The molecule has 0 aliphatic carbocycles. The van der Waals surface area contributed by atoms with E-state index in [-0.39, 0.29) is 23.5 Å². The number of hydrogen-bond acceptors (Lipinski definition) is 4. The lowest BCUT2D eigenvalue weighted by molar-refractivity contribution is 0.0930. The van der Waals surface area contributed by atoms with Crippen LogP contribution in [0.4, 0.5) is 4.39 Å². The van der Waals surface area contributed by atoms with E-state index in [1.165, 1.54) is 16.8 Å². The van der Waals surface area contributed by atoms with Crippen LogP contribution in [-0.4, -0.2) is 33.5 Å². The van der Waals surface area contributed by atoms with Crippen LogP contribution in [0, 0.1) is 5.82 Å². The van der Waals surface area contributed by atoms with Gasteiger partial charge in [0.25, 0.3) is 5.91 Å². The molecule has 0 aliphatic rings. The van der Waals surface area contributed by atoms with Crippen molar-refractivity contribution in [3.8, 4) is 0 Å². The summed E-state index contributed by atoms with van der Waals surface area (Å²) in [4.78, 5) is 12.2. The molecule has 3 N–H and O–H groups in total. The second-order valence-electron chi connectivity index (χ2n) is 5.48. The fourth-order valence-electron chi connectivity index (χ4n) is 2.26. The molecule has 1 aromatic carbocycles. The molecule has 6 nitrogen and oxygen atoms in total. The Morgan fingerprint density at radius 2 is 2.30 bits per heavy atom. The van der Waals surface area contributed by atoms with Crippen molar-refractivity contribution in [1.29, 1.82) is 0 Å². The summed E-state index contributed by atoms with van der Waals surface area (Å²) >= 11 is 0. The Labute approximate surface area is 134 Å². The van der Waals surface area contributed by atoms with Gasteiger partial charge in [0.15, 0.2) is 5.69 Å². The lowest BCUT2D eigenvalue weighted by Gasteiger charge is -2.15. The molecular weight excluding hydrogens is 297 g/mol. The standard InChI is InChI=1S/C16H22FN5O/c1-2-3-7-14(9-18)19-16(23)15-11-22(21-20-15)10-12-5-4-6-13(17)8-12/h4-6,8,11,14H,2-3,7,9-10,18H2,1H3,(H,19,23). The molecule has 1 aromatic heterocycles. The number of unbranched alkanes of at least 4 members (excludes halogenated alkanes) is 1. The highest BCUT2D eigenvalue weighted by molar-refractivity contribution is 5.92. The van der Waals surface area contributed by atoms with Gasteiger partial charge < -0.3 is 11.1 Å². The molecule has 1 heterocycles. The maximum absolute atomic E-state index is 13.2. The van der Waals surface area contributed by atoms with Crippen LogP contribution in [0.3, 0.4) is 0 Å². The van der Waals surface area contributed by atoms with Gasteiger partial charge in [-0.1, -0.05) is 37.1 Å². The molecule has 0 aliphatic heterocycles. The maximum atomic E-state index is 13.2. The predicted octanol–water partition coefficient (Wildman–Crippen LogP) is 1.71. The first-order chi connectivity index (χ1) is 11.1. The van der Waals surface area contributed by atoms with Crippen LogP contribution in [0.5, 0.6) is 0 Å². The van der Waals surface area contributed by atoms with Gasteiger partial charge in [-0.15, -0.1) is 5.10 Å². The number of amides is 1. The molecule has 124 valence electrons. The van der Waals surface area contributed by atoms with E-state index in [0.717, 1.165) is 24.8 Å². The summed E-state index contributed by atoms with van der Waals surface area (Å²) in [6, 6.07) is 6.17. The summed E-state index contributed by atoms with van der Waals surface area (Å²) in [5, 5.41) is 10.6. The van der Waals surface area contributed by atoms with Crippen molar-refractivity contribution in [1.82, 2.24) is 20.3 Å². The van der Waals surface area contributed by atoms with Gasteiger partial charge in [0, 0.05) is 12.6 Å². The first-order valence-electron chi connectivity index (χ1n) is 7.78. The van der Waals surface area contributed by atoms with Gasteiger partial charge in [0.1, 0.15) is 5.82 Å². The number of rotatable bonds is 8. The minimum absolute atomic E-state index is 0.0594. The summed E-state index contributed by atoms with van der Waals surface area (Å²) in [6.45, 7) is 2.84. The fraction of sp³-hybridized carbons (Fsp3) is 0.438. The molecule has 23 heavy (non-hydrogen) atoms. The third-order valence-corrected chi connectivity index (χ3v) is 3.53. The number of halogens is 1. The fourth-order valence-corrected chi connectivity index (χ4v) is 2.26. The van der Waals surface area contributed by atoms with Gasteiger partial charge in [-0.2, -0.15) is 0 Å². The molecule has 1 atom stereocenters. The lowest BCUT2D eigenvalue weighted by atomic mass is 10.1. The van der Waals surface area contributed by atoms with E-state index in [2.05, 4.69) is 22.6 Å². The molecule has 0 saturated heterocycles. The van der Waals surface area contributed by atoms with Crippen molar-refractivity contribution in [2.75, 3.05) is 6.54 Å². The normalized spacial score (nSPS) is 12.1. The summed E-state index contributed by atoms with van der Waals surface area (Å²) in [5.41, 5.74) is 6.66. The minimum atomic E-state index is -0.303. The van der Waals surface area contributed by atoms with Crippen LogP contribution in [0.15, 0.2) is 30.5 Å². The van der Waals surface area contributed by atoms with Gasteiger partial charge in [-0.3, -0.25) is 4.79 Å². The molecule has 0 fully saturated rings. The van der Waals surface area contributed by atoms with Gasteiger partial charge in [-0.05, 0) is 24.1 Å². The van der Waals surface area contributed by atoms with Crippen LogP contribution in [0.25, 0.3) is 0 Å². The van der Waals surface area contributed by atoms with Crippen molar-refractivity contribution in [2.45, 2.75) is 38.8 Å². The molecule has 2 rings (SSSR count). The second kappa shape index (κ2) is 8.38. The van der Waals surface area contributed by atoms with Crippen molar-refractivity contribution in [2.24, 2.45) is 5.73 Å². The first kappa shape index (κ1) is 17.1.